The second-order valence-corrected chi connectivity index (χ2v) is 3.96. The van der Waals surface area contributed by atoms with Gasteiger partial charge < -0.3 is 15.8 Å². The standard InChI is InChI=1S/C13H20N2O2/c1-3-11(9-17-2)15-13(16)12(14)10-7-5-4-6-8-10/h4-8,11-12H,3,9,14H2,1-2H3,(H,15,16). The molecule has 2 unspecified atom stereocenters. The molecule has 0 aliphatic rings. The summed E-state index contributed by atoms with van der Waals surface area (Å²) < 4.78 is 5.03. The highest BCUT2D eigenvalue weighted by Gasteiger charge is 2.18. The van der Waals surface area contributed by atoms with Crippen molar-refractivity contribution in [2.24, 2.45) is 5.73 Å². The molecule has 1 aromatic carbocycles. The van der Waals surface area contributed by atoms with Crippen molar-refractivity contribution < 1.29 is 9.53 Å². The number of carbonyl (C=O) groups is 1. The lowest BCUT2D eigenvalue weighted by Crippen LogP contribution is -2.42. The number of rotatable bonds is 6. The number of hydrogen-bond acceptors (Lipinski definition) is 3. The summed E-state index contributed by atoms with van der Waals surface area (Å²) in [5.74, 6) is -0.167. The van der Waals surface area contributed by atoms with Crippen LogP contribution < -0.4 is 11.1 Å². The summed E-state index contributed by atoms with van der Waals surface area (Å²) in [6, 6.07) is 8.73. The molecule has 0 spiro atoms. The number of carbonyl (C=O) groups excluding carboxylic acids is 1. The van der Waals surface area contributed by atoms with E-state index in [1.54, 1.807) is 7.11 Å². The first kappa shape index (κ1) is 13.7. The Hall–Kier alpha value is -1.39. The van der Waals surface area contributed by atoms with Gasteiger partial charge in [-0.1, -0.05) is 37.3 Å². The zero-order valence-electron chi connectivity index (χ0n) is 10.3. The number of amides is 1. The molecule has 3 N–H and O–H groups in total. The lowest BCUT2D eigenvalue weighted by molar-refractivity contribution is -0.123. The highest BCUT2D eigenvalue weighted by Crippen LogP contribution is 2.09. The zero-order chi connectivity index (χ0) is 12.7. The van der Waals surface area contributed by atoms with Gasteiger partial charge in [0.25, 0.3) is 0 Å². The van der Waals surface area contributed by atoms with E-state index in [0.29, 0.717) is 6.61 Å². The van der Waals surface area contributed by atoms with Crippen molar-refractivity contribution >= 4 is 5.91 Å². The van der Waals surface area contributed by atoms with Crippen LogP contribution in [0.2, 0.25) is 0 Å². The van der Waals surface area contributed by atoms with Crippen LogP contribution in [0.1, 0.15) is 24.9 Å². The van der Waals surface area contributed by atoms with Crippen LogP contribution in [0.3, 0.4) is 0 Å². The Balaban J connectivity index is 2.58. The fraction of sp³-hybridized carbons (Fsp3) is 0.462. The molecule has 1 aromatic rings. The van der Waals surface area contributed by atoms with E-state index in [1.807, 2.05) is 37.3 Å². The third-order valence-electron chi connectivity index (χ3n) is 2.65. The molecule has 0 heterocycles. The zero-order valence-corrected chi connectivity index (χ0v) is 10.3. The molecule has 1 rings (SSSR count). The minimum atomic E-state index is -0.623. The first-order chi connectivity index (χ1) is 8.19. The number of nitrogens with two attached hydrogens (primary N) is 1. The van der Waals surface area contributed by atoms with E-state index in [1.165, 1.54) is 0 Å². The fourth-order valence-corrected chi connectivity index (χ4v) is 1.57. The predicted molar refractivity (Wildman–Crippen MR) is 67.5 cm³/mol. The van der Waals surface area contributed by atoms with E-state index in [0.717, 1.165) is 12.0 Å². The van der Waals surface area contributed by atoms with Gasteiger partial charge in [-0.15, -0.1) is 0 Å². The average Bonchev–Trinajstić information content (AvgIpc) is 2.38. The van der Waals surface area contributed by atoms with E-state index < -0.39 is 6.04 Å². The van der Waals surface area contributed by atoms with Gasteiger partial charge in [-0.2, -0.15) is 0 Å². The highest BCUT2D eigenvalue weighted by molar-refractivity contribution is 5.83. The molecular formula is C13H20N2O2. The van der Waals surface area contributed by atoms with Crippen LogP contribution in [0.5, 0.6) is 0 Å². The van der Waals surface area contributed by atoms with Crippen LogP contribution >= 0.6 is 0 Å². The Morgan fingerprint density at radius 3 is 2.59 bits per heavy atom. The van der Waals surface area contributed by atoms with Crippen molar-refractivity contribution in [1.29, 1.82) is 0 Å². The molecule has 4 heteroatoms. The lowest BCUT2D eigenvalue weighted by Gasteiger charge is -2.19. The van der Waals surface area contributed by atoms with Crippen molar-refractivity contribution in [3.63, 3.8) is 0 Å². The smallest absolute Gasteiger partial charge is 0.241 e. The minimum Gasteiger partial charge on any atom is -0.383 e. The van der Waals surface area contributed by atoms with Crippen molar-refractivity contribution in [1.82, 2.24) is 5.32 Å². The Bertz CT molecular complexity index is 341. The summed E-state index contributed by atoms with van der Waals surface area (Å²) in [7, 11) is 1.62. The Labute approximate surface area is 102 Å². The van der Waals surface area contributed by atoms with Crippen LogP contribution in [0.15, 0.2) is 30.3 Å². The van der Waals surface area contributed by atoms with Gasteiger partial charge in [-0.3, -0.25) is 4.79 Å². The summed E-state index contributed by atoms with van der Waals surface area (Å²) >= 11 is 0. The van der Waals surface area contributed by atoms with Gasteiger partial charge in [0.1, 0.15) is 6.04 Å². The van der Waals surface area contributed by atoms with Crippen LogP contribution in [-0.2, 0) is 9.53 Å². The minimum absolute atomic E-state index is 0.0160. The van der Waals surface area contributed by atoms with Gasteiger partial charge >= 0.3 is 0 Å². The molecule has 0 aliphatic carbocycles. The second-order valence-electron chi connectivity index (χ2n) is 3.96. The van der Waals surface area contributed by atoms with E-state index in [4.69, 9.17) is 10.5 Å². The summed E-state index contributed by atoms with van der Waals surface area (Å²) in [6.07, 6.45) is 0.821. The lowest BCUT2D eigenvalue weighted by atomic mass is 10.1. The normalized spacial score (nSPS) is 14.1. The highest BCUT2D eigenvalue weighted by atomic mass is 16.5. The molecule has 0 bridgehead atoms. The molecule has 0 saturated heterocycles. The first-order valence-electron chi connectivity index (χ1n) is 5.78. The molecule has 0 fully saturated rings. The molecule has 0 aromatic heterocycles. The topological polar surface area (TPSA) is 64.3 Å². The number of nitrogens with one attached hydrogen (secondary N) is 1. The fourth-order valence-electron chi connectivity index (χ4n) is 1.57. The van der Waals surface area contributed by atoms with Crippen LogP contribution in [-0.4, -0.2) is 25.7 Å². The van der Waals surface area contributed by atoms with Crippen molar-refractivity contribution in [2.75, 3.05) is 13.7 Å². The SMILES string of the molecule is CCC(COC)NC(=O)C(N)c1ccccc1. The molecular weight excluding hydrogens is 216 g/mol. The number of methoxy groups -OCH3 is 1. The number of ether oxygens (including phenoxy) is 1. The summed E-state index contributed by atoms with van der Waals surface area (Å²) in [4.78, 5) is 11.9. The maximum atomic E-state index is 11.9. The van der Waals surface area contributed by atoms with Crippen LogP contribution in [0, 0.1) is 0 Å². The molecule has 0 saturated carbocycles. The largest absolute Gasteiger partial charge is 0.383 e. The molecule has 4 nitrogen and oxygen atoms in total. The Morgan fingerprint density at radius 1 is 1.41 bits per heavy atom. The van der Waals surface area contributed by atoms with Gasteiger partial charge in [0, 0.05) is 7.11 Å². The van der Waals surface area contributed by atoms with E-state index in [9.17, 15) is 4.79 Å². The van der Waals surface area contributed by atoms with Gasteiger partial charge in [0.15, 0.2) is 0 Å². The van der Waals surface area contributed by atoms with Gasteiger partial charge in [0.05, 0.1) is 12.6 Å². The van der Waals surface area contributed by atoms with Crippen LogP contribution in [0.4, 0.5) is 0 Å². The summed E-state index contributed by atoms with van der Waals surface area (Å²) in [5, 5.41) is 2.88. The third-order valence-corrected chi connectivity index (χ3v) is 2.65. The molecule has 17 heavy (non-hydrogen) atoms. The van der Waals surface area contributed by atoms with Crippen molar-refractivity contribution in [3.8, 4) is 0 Å². The maximum Gasteiger partial charge on any atom is 0.241 e. The Kier molecular flexibility index (Phi) is 5.66. The van der Waals surface area contributed by atoms with E-state index >= 15 is 0 Å². The Morgan fingerprint density at radius 2 is 2.06 bits per heavy atom. The summed E-state index contributed by atoms with van der Waals surface area (Å²) in [5.41, 5.74) is 6.70. The van der Waals surface area contributed by atoms with Gasteiger partial charge in [0.2, 0.25) is 5.91 Å². The molecule has 0 aliphatic heterocycles. The van der Waals surface area contributed by atoms with Crippen molar-refractivity contribution in [3.05, 3.63) is 35.9 Å². The number of hydrogen-bond donors (Lipinski definition) is 2. The maximum absolute atomic E-state index is 11.9. The van der Waals surface area contributed by atoms with E-state index in [-0.39, 0.29) is 11.9 Å². The molecule has 0 radical (unpaired) electrons. The molecule has 1 amide bonds. The van der Waals surface area contributed by atoms with Crippen LogP contribution in [0.25, 0.3) is 0 Å². The van der Waals surface area contributed by atoms with E-state index in [2.05, 4.69) is 5.32 Å². The average molecular weight is 236 g/mol. The monoisotopic (exact) mass is 236 g/mol. The molecule has 94 valence electrons. The van der Waals surface area contributed by atoms with Gasteiger partial charge in [-0.25, -0.2) is 0 Å². The molecule has 2 atom stereocenters. The summed E-state index contributed by atoms with van der Waals surface area (Å²) in [6.45, 7) is 2.50. The van der Waals surface area contributed by atoms with Crippen molar-refractivity contribution in [2.45, 2.75) is 25.4 Å². The second kappa shape index (κ2) is 7.04. The third kappa shape index (κ3) is 4.17. The van der Waals surface area contributed by atoms with Gasteiger partial charge in [-0.05, 0) is 12.0 Å². The quantitative estimate of drug-likeness (QED) is 0.780. The predicted octanol–water partition coefficient (Wildman–Crippen LogP) is 1.23. The number of benzene rings is 1. The first-order valence-corrected chi connectivity index (χ1v) is 5.78.